The van der Waals surface area contributed by atoms with Crippen molar-refractivity contribution in [3.63, 3.8) is 0 Å². The Morgan fingerprint density at radius 2 is 2.42 bits per heavy atom. The summed E-state index contributed by atoms with van der Waals surface area (Å²) in [5.74, 6) is 0. The van der Waals surface area contributed by atoms with Gasteiger partial charge in [-0.3, -0.25) is 0 Å². The lowest BCUT2D eigenvalue weighted by atomic mass is 9.76. The Balaban J connectivity index is 2.67. The fourth-order valence-electron chi connectivity index (χ4n) is 1.41. The van der Waals surface area contributed by atoms with Crippen LogP contribution in [-0.4, -0.2) is 31.0 Å². The van der Waals surface area contributed by atoms with E-state index >= 15 is 0 Å². The fourth-order valence-corrected chi connectivity index (χ4v) is 1.41. The Labute approximate surface area is 71.0 Å². The first kappa shape index (κ1) is 9.32. The van der Waals surface area contributed by atoms with Crippen molar-refractivity contribution >= 4 is 0 Å². The summed E-state index contributed by atoms with van der Waals surface area (Å²) >= 11 is 0. The Kier molecular flexibility index (Phi) is 2.92. The van der Waals surface area contributed by atoms with Gasteiger partial charge in [-0.15, -0.1) is 0 Å². The molecule has 1 atom stereocenters. The van der Waals surface area contributed by atoms with E-state index in [1.54, 1.807) is 0 Å². The van der Waals surface area contributed by atoms with Gasteiger partial charge in [0.05, 0.1) is 25.9 Å². The van der Waals surface area contributed by atoms with Gasteiger partial charge in [-0.1, -0.05) is 12.0 Å². The van der Waals surface area contributed by atoms with Crippen LogP contribution in [0.2, 0.25) is 0 Å². The summed E-state index contributed by atoms with van der Waals surface area (Å²) in [5.41, 5.74) is 8.14. The van der Waals surface area contributed by atoms with Gasteiger partial charge in [0.25, 0.3) is 0 Å². The Hall–Kier alpha value is -0.770. The maximum absolute atomic E-state index is 8.97. The molecule has 1 aliphatic heterocycles. The second kappa shape index (κ2) is 3.76. The molecular formula is C7H13N3O2. The van der Waals surface area contributed by atoms with Gasteiger partial charge >= 0.3 is 0 Å². The third kappa shape index (κ3) is 1.39. The molecule has 1 N–H and O–H groups in total. The normalized spacial score (nSPS) is 22.2. The zero-order valence-electron chi connectivity index (χ0n) is 7.10. The largest absolute Gasteiger partial charge is 0.396 e. The van der Waals surface area contributed by atoms with Crippen LogP contribution in [0.5, 0.6) is 0 Å². The molecule has 1 rings (SSSR count). The molecule has 0 aromatic heterocycles. The molecule has 68 valence electrons. The van der Waals surface area contributed by atoms with Crippen molar-refractivity contribution in [1.82, 2.24) is 0 Å². The Bertz CT molecular complexity index is 191. The van der Waals surface area contributed by atoms with Crippen LogP contribution in [0.3, 0.4) is 0 Å². The zero-order valence-corrected chi connectivity index (χ0v) is 7.10. The standard InChI is InChI=1S/C7H13N3O2/c1-2-7(4-12-5-7)6(3-11)9-10-8/h6,11H,2-5H2,1H3. The molecule has 12 heavy (non-hydrogen) atoms. The predicted molar refractivity (Wildman–Crippen MR) is 43.6 cm³/mol. The van der Waals surface area contributed by atoms with E-state index in [9.17, 15) is 0 Å². The first-order valence-corrected chi connectivity index (χ1v) is 4.02. The van der Waals surface area contributed by atoms with Crippen LogP contribution in [-0.2, 0) is 4.74 Å². The third-order valence-corrected chi connectivity index (χ3v) is 2.55. The Morgan fingerprint density at radius 3 is 2.67 bits per heavy atom. The number of nitrogens with zero attached hydrogens (tertiary/aromatic N) is 3. The van der Waals surface area contributed by atoms with Crippen LogP contribution in [0.25, 0.3) is 10.4 Å². The second-order valence-electron chi connectivity index (χ2n) is 3.11. The number of hydrogen-bond acceptors (Lipinski definition) is 3. The van der Waals surface area contributed by atoms with E-state index in [4.69, 9.17) is 15.4 Å². The van der Waals surface area contributed by atoms with E-state index in [-0.39, 0.29) is 18.1 Å². The average molecular weight is 171 g/mol. The smallest absolute Gasteiger partial charge is 0.0705 e. The molecule has 0 aromatic rings. The molecule has 1 heterocycles. The molecule has 0 aliphatic carbocycles. The van der Waals surface area contributed by atoms with E-state index in [0.29, 0.717) is 13.2 Å². The van der Waals surface area contributed by atoms with Crippen LogP contribution in [0.4, 0.5) is 0 Å². The van der Waals surface area contributed by atoms with Crippen LogP contribution in [0.1, 0.15) is 13.3 Å². The number of azide groups is 1. The second-order valence-corrected chi connectivity index (χ2v) is 3.11. The maximum atomic E-state index is 8.97. The minimum absolute atomic E-state index is 0.0960. The lowest BCUT2D eigenvalue weighted by Crippen LogP contribution is -2.51. The van der Waals surface area contributed by atoms with E-state index in [2.05, 4.69) is 10.0 Å². The average Bonchev–Trinajstić information content (AvgIpc) is 2.02. The number of aliphatic hydroxyl groups excluding tert-OH is 1. The molecule has 5 heteroatoms. The molecule has 0 saturated carbocycles. The van der Waals surface area contributed by atoms with E-state index in [1.807, 2.05) is 6.92 Å². The van der Waals surface area contributed by atoms with Crippen molar-refractivity contribution in [2.75, 3.05) is 19.8 Å². The lowest BCUT2D eigenvalue weighted by Gasteiger charge is -2.44. The monoisotopic (exact) mass is 171 g/mol. The van der Waals surface area contributed by atoms with E-state index in [1.165, 1.54) is 0 Å². The van der Waals surface area contributed by atoms with Gasteiger partial charge in [0.1, 0.15) is 0 Å². The number of hydrogen-bond donors (Lipinski definition) is 1. The van der Waals surface area contributed by atoms with Crippen LogP contribution >= 0.6 is 0 Å². The van der Waals surface area contributed by atoms with Crippen molar-refractivity contribution in [3.05, 3.63) is 10.4 Å². The molecule has 0 aromatic carbocycles. The molecule has 0 spiro atoms. The van der Waals surface area contributed by atoms with Crippen molar-refractivity contribution in [1.29, 1.82) is 0 Å². The third-order valence-electron chi connectivity index (χ3n) is 2.55. The molecule has 1 saturated heterocycles. The summed E-state index contributed by atoms with van der Waals surface area (Å²) < 4.78 is 5.06. The molecular weight excluding hydrogens is 158 g/mol. The SMILES string of the molecule is CCC1(C(CO)N=[N+]=[N-])COC1. The van der Waals surface area contributed by atoms with Gasteiger partial charge in [0.2, 0.25) is 0 Å². The van der Waals surface area contributed by atoms with Crippen LogP contribution < -0.4 is 0 Å². The first-order valence-electron chi connectivity index (χ1n) is 4.02. The quantitative estimate of drug-likeness (QED) is 0.390. The Morgan fingerprint density at radius 1 is 1.75 bits per heavy atom. The molecule has 1 fully saturated rings. The summed E-state index contributed by atoms with van der Waals surface area (Å²) in [5, 5.41) is 12.5. The molecule has 5 nitrogen and oxygen atoms in total. The molecule has 0 radical (unpaired) electrons. The van der Waals surface area contributed by atoms with Gasteiger partial charge in [0.15, 0.2) is 0 Å². The van der Waals surface area contributed by atoms with Crippen molar-refractivity contribution in [2.24, 2.45) is 10.5 Å². The zero-order chi connectivity index (χ0) is 9.03. The molecule has 0 bridgehead atoms. The maximum Gasteiger partial charge on any atom is 0.0705 e. The summed E-state index contributed by atoms with van der Waals surface area (Å²) in [7, 11) is 0. The highest BCUT2D eigenvalue weighted by Gasteiger charge is 2.43. The number of rotatable bonds is 4. The van der Waals surface area contributed by atoms with Gasteiger partial charge in [-0.25, -0.2) is 0 Å². The molecule has 1 aliphatic rings. The summed E-state index contributed by atoms with van der Waals surface area (Å²) in [4.78, 5) is 2.71. The van der Waals surface area contributed by atoms with Crippen molar-refractivity contribution < 1.29 is 9.84 Å². The summed E-state index contributed by atoms with van der Waals surface area (Å²) in [6.45, 7) is 3.10. The van der Waals surface area contributed by atoms with Crippen molar-refractivity contribution in [3.8, 4) is 0 Å². The highest BCUT2D eigenvalue weighted by Crippen LogP contribution is 2.36. The molecule has 0 amide bonds. The van der Waals surface area contributed by atoms with Crippen LogP contribution in [0.15, 0.2) is 5.11 Å². The van der Waals surface area contributed by atoms with Gasteiger partial charge in [0, 0.05) is 10.3 Å². The van der Waals surface area contributed by atoms with Gasteiger partial charge in [-0.05, 0) is 12.0 Å². The topological polar surface area (TPSA) is 78.2 Å². The van der Waals surface area contributed by atoms with Gasteiger partial charge < -0.3 is 9.84 Å². The summed E-state index contributed by atoms with van der Waals surface area (Å²) in [6.07, 6.45) is 0.872. The summed E-state index contributed by atoms with van der Waals surface area (Å²) in [6, 6.07) is -0.332. The highest BCUT2D eigenvalue weighted by atomic mass is 16.5. The minimum Gasteiger partial charge on any atom is -0.396 e. The number of aliphatic hydroxyl groups is 1. The van der Waals surface area contributed by atoms with Crippen molar-refractivity contribution in [2.45, 2.75) is 19.4 Å². The predicted octanol–water partition coefficient (Wildman–Crippen LogP) is 1.08. The first-order chi connectivity index (χ1) is 5.79. The highest BCUT2D eigenvalue weighted by molar-refractivity contribution is 4.95. The van der Waals surface area contributed by atoms with Crippen LogP contribution in [0, 0.1) is 5.41 Å². The van der Waals surface area contributed by atoms with E-state index < -0.39 is 0 Å². The fraction of sp³-hybridized carbons (Fsp3) is 1.00. The minimum atomic E-state index is -0.332. The lowest BCUT2D eigenvalue weighted by molar-refractivity contribution is -0.134. The van der Waals surface area contributed by atoms with Gasteiger partial charge in [-0.2, -0.15) is 0 Å². The number of ether oxygens (including phenoxy) is 1. The molecule has 1 unspecified atom stereocenters. The van der Waals surface area contributed by atoms with E-state index in [0.717, 1.165) is 6.42 Å².